The Kier molecular flexibility index (Phi) is 7.58. The van der Waals surface area contributed by atoms with Gasteiger partial charge in [-0.1, -0.05) is 147 Å². The standard InChI is InChI=1S/C36H37N3/c1-2-16-26-34(25-15-1)38(28-30-17-7-3-8-18-30)35-27-37-39(29-35)36(31-19-9-4-10-20-31,32-21-11-5-12-22-32)33-23-13-6-14-24-33/h3-14,17-24,27,29,34H,1-2,15-16,25-26,28H2. The van der Waals surface area contributed by atoms with Crippen LogP contribution in [-0.2, 0) is 12.1 Å². The molecule has 1 saturated carbocycles. The zero-order valence-electron chi connectivity index (χ0n) is 22.6. The largest absolute Gasteiger partial charge is 0.362 e. The lowest BCUT2D eigenvalue weighted by molar-refractivity contribution is 0.459. The number of benzene rings is 4. The van der Waals surface area contributed by atoms with Crippen molar-refractivity contribution in [1.29, 1.82) is 0 Å². The first-order chi connectivity index (χ1) is 19.4. The second-order valence-electron chi connectivity index (χ2n) is 10.7. The molecular weight excluding hydrogens is 474 g/mol. The minimum absolute atomic E-state index is 0.518. The van der Waals surface area contributed by atoms with Gasteiger partial charge in [-0.15, -0.1) is 0 Å². The number of aromatic nitrogens is 2. The van der Waals surface area contributed by atoms with Gasteiger partial charge < -0.3 is 4.90 Å². The number of hydrogen-bond donors (Lipinski definition) is 0. The molecule has 0 spiro atoms. The number of nitrogens with zero attached hydrogens (tertiary/aromatic N) is 3. The van der Waals surface area contributed by atoms with Crippen molar-refractivity contribution in [2.24, 2.45) is 0 Å². The molecule has 4 aromatic carbocycles. The number of anilines is 1. The van der Waals surface area contributed by atoms with E-state index in [0.717, 1.165) is 6.54 Å². The SMILES string of the molecule is c1ccc(CN(c2cnn(C(c3ccccc3)(c3ccccc3)c3ccccc3)c2)C2CCCCCC2)cc1. The topological polar surface area (TPSA) is 21.1 Å². The molecule has 3 heteroatoms. The van der Waals surface area contributed by atoms with Crippen molar-refractivity contribution in [2.45, 2.75) is 56.7 Å². The summed E-state index contributed by atoms with van der Waals surface area (Å²) >= 11 is 0. The summed E-state index contributed by atoms with van der Waals surface area (Å²) in [6.07, 6.45) is 12.1. The van der Waals surface area contributed by atoms with Crippen LogP contribution in [0.2, 0.25) is 0 Å². The number of rotatable bonds is 8. The molecule has 0 N–H and O–H groups in total. The van der Waals surface area contributed by atoms with Crippen LogP contribution in [0, 0.1) is 0 Å². The van der Waals surface area contributed by atoms with Crippen LogP contribution < -0.4 is 4.90 Å². The van der Waals surface area contributed by atoms with Crippen LogP contribution in [0.1, 0.15) is 60.8 Å². The lowest BCUT2D eigenvalue weighted by Gasteiger charge is -2.37. The Balaban J connectivity index is 1.52. The summed E-state index contributed by atoms with van der Waals surface area (Å²) in [5, 5.41) is 5.17. The Labute approximate surface area is 232 Å². The van der Waals surface area contributed by atoms with E-state index in [9.17, 15) is 0 Å². The van der Waals surface area contributed by atoms with Gasteiger partial charge in [0.25, 0.3) is 0 Å². The van der Waals surface area contributed by atoms with Crippen LogP contribution in [-0.4, -0.2) is 15.8 Å². The van der Waals surface area contributed by atoms with Gasteiger partial charge in [0.15, 0.2) is 0 Å². The molecule has 0 amide bonds. The zero-order chi connectivity index (χ0) is 26.3. The third-order valence-corrected chi connectivity index (χ3v) is 8.28. The maximum Gasteiger partial charge on any atom is 0.138 e. The van der Waals surface area contributed by atoms with Crippen molar-refractivity contribution in [1.82, 2.24) is 9.78 Å². The molecule has 39 heavy (non-hydrogen) atoms. The molecule has 1 aromatic heterocycles. The van der Waals surface area contributed by atoms with Gasteiger partial charge in [-0.25, -0.2) is 0 Å². The van der Waals surface area contributed by atoms with Gasteiger partial charge in [-0.3, -0.25) is 4.68 Å². The van der Waals surface area contributed by atoms with Crippen LogP contribution in [0.15, 0.2) is 134 Å². The molecule has 0 unspecified atom stereocenters. The van der Waals surface area contributed by atoms with Crippen molar-refractivity contribution in [3.05, 3.63) is 156 Å². The highest BCUT2D eigenvalue weighted by atomic mass is 15.3. The van der Waals surface area contributed by atoms with Crippen molar-refractivity contribution >= 4 is 5.69 Å². The summed E-state index contributed by atoms with van der Waals surface area (Å²) in [7, 11) is 0. The highest BCUT2D eigenvalue weighted by Gasteiger charge is 2.39. The van der Waals surface area contributed by atoms with E-state index in [1.54, 1.807) is 0 Å². The summed E-state index contributed by atoms with van der Waals surface area (Å²) in [6.45, 7) is 0.895. The van der Waals surface area contributed by atoms with E-state index in [4.69, 9.17) is 5.10 Å². The molecule has 0 aliphatic heterocycles. The highest BCUT2D eigenvalue weighted by Crippen LogP contribution is 2.41. The molecular formula is C36H37N3. The summed E-state index contributed by atoms with van der Waals surface area (Å²) in [4.78, 5) is 2.62. The van der Waals surface area contributed by atoms with E-state index in [1.165, 1.54) is 66.5 Å². The molecule has 1 heterocycles. The fourth-order valence-electron chi connectivity index (χ4n) is 6.36. The van der Waals surface area contributed by atoms with Gasteiger partial charge in [-0.2, -0.15) is 5.10 Å². The van der Waals surface area contributed by atoms with Crippen LogP contribution in [0.4, 0.5) is 5.69 Å². The lowest BCUT2D eigenvalue weighted by Crippen LogP contribution is -2.38. The molecule has 1 aliphatic rings. The van der Waals surface area contributed by atoms with Gasteiger partial charge in [0, 0.05) is 12.6 Å². The molecule has 1 fully saturated rings. The summed E-state index contributed by atoms with van der Waals surface area (Å²) in [5.41, 5.74) is 5.53. The molecule has 196 valence electrons. The Morgan fingerprint density at radius 2 is 1.08 bits per heavy atom. The Hall–Kier alpha value is -4.11. The molecule has 5 aromatic rings. The highest BCUT2D eigenvalue weighted by molar-refractivity contribution is 5.53. The summed E-state index contributed by atoms with van der Waals surface area (Å²) < 4.78 is 2.21. The van der Waals surface area contributed by atoms with Gasteiger partial charge >= 0.3 is 0 Å². The second kappa shape index (κ2) is 11.7. The van der Waals surface area contributed by atoms with Gasteiger partial charge in [0.1, 0.15) is 5.54 Å². The maximum absolute atomic E-state index is 5.17. The average Bonchev–Trinajstić information content (AvgIpc) is 3.33. The Morgan fingerprint density at radius 3 is 1.56 bits per heavy atom. The third-order valence-electron chi connectivity index (χ3n) is 8.28. The van der Waals surface area contributed by atoms with Crippen molar-refractivity contribution < 1.29 is 0 Å². The lowest BCUT2D eigenvalue weighted by atomic mass is 9.77. The van der Waals surface area contributed by atoms with Crippen LogP contribution in [0.25, 0.3) is 0 Å². The maximum atomic E-state index is 5.17. The summed E-state index contributed by atoms with van der Waals surface area (Å²) in [5.74, 6) is 0. The predicted octanol–water partition coefficient (Wildman–Crippen LogP) is 8.45. The van der Waals surface area contributed by atoms with Crippen LogP contribution in [0.3, 0.4) is 0 Å². The molecule has 0 saturated heterocycles. The normalized spacial score (nSPS) is 14.6. The Bertz CT molecular complexity index is 1320. The molecule has 1 aliphatic carbocycles. The quantitative estimate of drug-likeness (QED) is 0.154. The molecule has 0 atom stereocenters. The van der Waals surface area contributed by atoms with E-state index in [1.807, 2.05) is 0 Å². The fourth-order valence-corrected chi connectivity index (χ4v) is 6.36. The molecule has 0 bridgehead atoms. The average molecular weight is 512 g/mol. The van der Waals surface area contributed by atoms with Crippen molar-refractivity contribution in [3.8, 4) is 0 Å². The van der Waals surface area contributed by atoms with Crippen LogP contribution >= 0.6 is 0 Å². The van der Waals surface area contributed by atoms with Gasteiger partial charge in [0.05, 0.1) is 18.1 Å². The third kappa shape index (κ3) is 5.14. The zero-order valence-corrected chi connectivity index (χ0v) is 22.6. The van der Waals surface area contributed by atoms with Gasteiger partial charge in [0.2, 0.25) is 0 Å². The van der Waals surface area contributed by atoms with Crippen LogP contribution in [0.5, 0.6) is 0 Å². The second-order valence-corrected chi connectivity index (χ2v) is 10.7. The van der Waals surface area contributed by atoms with Crippen molar-refractivity contribution in [3.63, 3.8) is 0 Å². The Morgan fingerprint density at radius 1 is 0.615 bits per heavy atom. The number of hydrogen-bond acceptors (Lipinski definition) is 2. The van der Waals surface area contributed by atoms with E-state index >= 15 is 0 Å². The van der Waals surface area contributed by atoms with Gasteiger partial charge in [-0.05, 0) is 35.1 Å². The van der Waals surface area contributed by atoms with E-state index in [0.29, 0.717) is 6.04 Å². The van der Waals surface area contributed by atoms with Crippen molar-refractivity contribution in [2.75, 3.05) is 4.90 Å². The smallest absolute Gasteiger partial charge is 0.138 e. The first kappa shape index (κ1) is 25.2. The minimum Gasteiger partial charge on any atom is -0.362 e. The fraction of sp³-hybridized carbons (Fsp3) is 0.250. The molecule has 0 radical (unpaired) electrons. The minimum atomic E-state index is -0.593. The summed E-state index contributed by atoms with van der Waals surface area (Å²) in [6, 6.07) is 43.9. The van der Waals surface area contributed by atoms with E-state index in [-0.39, 0.29) is 0 Å². The van der Waals surface area contributed by atoms with E-state index < -0.39 is 5.54 Å². The first-order valence-corrected chi connectivity index (χ1v) is 14.4. The molecule has 3 nitrogen and oxygen atoms in total. The predicted molar refractivity (Wildman–Crippen MR) is 161 cm³/mol. The van der Waals surface area contributed by atoms with E-state index in [2.05, 4.69) is 143 Å². The first-order valence-electron chi connectivity index (χ1n) is 14.4. The monoisotopic (exact) mass is 511 g/mol. The molecule has 6 rings (SSSR count).